The van der Waals surface area contributed by atoms with Crippen LogP contribution in [0.1, 0.15) is 15.9 Å². The van der Waals surface area contributed by atoms with Gasteiger partial charge >= 0.3 is 5.97 Å². The molecule has 0 saturated carbocycles. The highest BCUT2D eigenvalue weighted by Crippen LogP contribution is 2.29. The lowest BCUT2D eigenvalue weighted by molar-refractivity contribution is 0.0697. The molecule has 0 aromatic heterocycles. The van der Waals surface area contributed by atoms with Crippen LogP contribution in [0, 0.1) is 11.3 Å². The molecule has 0 amide bonds. The zero-order chi connectivity index (χ0) is 13.1. The maximum atomic E-state index is 10.9. The molecule has 0 bridgehead atoms. The van der Waals surface area contributed by atoms with E-state index < -0.39 is 5.97 Å². The number of aromatic carboxylic acids is 1. The molecule has 0 fully saturated rings. The minimum absolute atomic E-state index is 0.164. The first-order valence-corrected chi connectivity index (χ1v) is 5.53. The van der Waals surface area contributed by atoms with Crippen LogP contribution in [0.15, 0.2) is 42.5 Å². The number of halogens is 1. The van der Waals surface area contributed by atoms with Gasteiger partial charge in [0.05, 0.1) is 17.2 Å². The van der Waals surface area contributed by atoms with Gasteiger partial charge in [0.15, 0.2) is 0 Å². The van der Waals surface area contributed by atoms with Crippen LogP contribution < -0.4 is 0 Å². The summed E-state index contributed by atoms with van der Waals surface area (Å²) in [5.41, 5.74) is 2.00. The number of nitrogens with zero attached hydrogens (tertiary/aromatic N) is 1. The van der Waals surface area contributed by atoms with E-state index in [1.165, 1.54) is 12.1 Å². The molecule has 3 nitrogen and oxygen atoms in total. The van der Waals surface area contributed by atoms with Crippen molar-refractivity contribution in [3.63, 3.8) is 0 Å². The van der Waals surface area contributed by atoms with E-state index in [-0.39, 0.29) is 5.56 Å². The van der Waals surface area contributed by atoms with Gasteiger partial charge in [0.25, 0.3) is 0 Å². The fourth-order valence-corrected chi connectivity index (χ4v) is 1.86. The van der Waals surface area contributed by atoms with Gasteiger partial charge in [-0.25, -0.2) is 4.79 Å². The molecule has 0 heterocycles. The van der Waals surface area contributed by atoms with Gasteiger partial charge < -0.3 is 5.11 Å². The summed E-state index contributed by atoms with van der Waals surface area (Å²) < 4.78 is 0. The lowest BCUT2D eigenvalue weighted by atomic mass is 10.0. The summed E-state index contributed by atoms with van der Waals surface area (Å²) in [6.45, 7) is 0. The van der Waals surface area contributed by atoms with Crippen molar-refractivity contribution in [3.8, 4) is 17.2 Å². The molecule has 0 saturated heterocycles. The predicted molar refractivity (Wildman–Crippen MR) is 68.6 cm³/mol. The van der Waals surface area contributed by atoms with E-state index in [1.54, 1.807) is 30.3 Å². The lowest BCUT2D eigenvalue weighted by Crippen LogP contribution is -1.96. The summed E-state index contributed by atoms with van der Waals surface area (Å²) in [4.78, 5) is 10.9. The van der Waals surface area contributed by atoms with Crippen LogP contribution in [0.3, 0.4) is 0 Å². The Kier molecular flexibility index (Phi) is 3.31. The molecule has 4 heteroatoms. The molecular formula is C14H8ClNO2. The lowest BCUT2D eigenvalue weighted by Gasteiger charge is -2.06. The van der Waals surface area contributed by atoms with Gasteiger partial charge in [0, 0.05) is 10.6 Å². The third-order valence-electron chi connectivity index (χ3n) is 2.52. The van der Waals surface area contributed by atoms with E-state index in [0.29, 0.717) is 16.1 Å². The molecule has 0 unspecified atom stereocenters. The molecule has 1 N–H and O–H groups in total. The minimum atomic E-state index is -1.01. The van der Waals surface area contributed by atoms with Crippen molar-refractivity contribution >= 4 is 17.6 Å². The highest BCUT2D eigenvalue weighted by molar-refractivity contribution is 6.33. The van der Waals surface area contributed by atoms with Crippen LogP contribution in [0.25, 0.3) is 11.1 Å². The van der Waals surface area contributed by atoms with Crippen LogP contribution in [-0.4, -0.2) is 11.1 Å². The molecule has 0 radical (unpaired) electrons. The number of rotatable bonds is 2. The highest BCUT2D eigenvalue weighted by atomic mass is 35.5. The summed E-state index contributed by atoms with van der Waals surface area (Å²) in [5, 5.41) is 18.3. The van der Waals surface area contributed by atoms with E-state index in [1.807, 2.05) is 6.07 Å². The summed E-state index contributed by atoms with van der Waals surface area (Å²) in [6, 6.07) is 13.4. The number of hydrogen-bond acceptors (Lipinski definition) is 2. The summed E-state index contributed by atoms with van der Waals surface area (Å²) in [7, 11) is 0. The van der Waals surface area contributed by atoms with E-state index in [0.717, 1.165) is 5.56 Å². The van der Waals surface area contributed by atoms with Crippen LogP contribution in [0.5, 0.6) is 0 Å². The average Bonchev–Trinajstić information content (AvgIpc) is 2.39. The van der Waals surface area contributed by atoms with Crippen LogP contribution in [0.4, 0.5) is 0 Å². The Bertz CT molecular complexity index is 659. The van der Waals surface area contributed by atoms with Crippen molar-refractivity contribution in [1.82, 2.24) is 0 Å². The van der Waals surface area contributed by atoms with Gasteiger partial charge in [-0.3, -0.25) is 0 Å². The van der Waals surface area contributed by atoms with Gasteiger partial charge in [-0.2, -0.15) is 5.26 Å². The number of hydrogen-bond donors (Lipinski definition) is 1. The third kappa shape index (κ3) is 2.34. The highest BCUT2D eigenvalue weighted by Gasteiger charge is 2.09. The second kappa shape index (κ2) is 4.91. The van der Waals surface area contributed by atoms with Crippen molar-refractivity contribution < 1.29 is 9.90 Å². The Morgan fingerprint density at radius 2 is 2.00 bits per heavy atom. The van der Waals surface area contributed by atoms with E-state index >= 15 is 0 Å². The third-order valence-corrected chi connectivity index (χ3v) is 2.85. The van der Waals surface area contributed by atoms with E-state index in [9.17, 15) is 4.79 Å². The first kappa shape index (κ1) is 12.2. The zero-order valence-electron chi connectivity index (χ0n) is 9.22. The van der Waals surface area contributed by atoms with Crippen LogP contribution in [-0.2, 0) is 0 Å². The molecule has 0 atom stereocenters. The number of nitriles is 1. The molecule has 0 aliphatic carbocycles. The van der Waals surface area contributed by atoms with Crippen molar-refractivity contribution in [2.24, 2.45) is 0 Å². The molecule has 2 aromatic carbocycles. The zero-order valence-corrected chi connectivity index (χ0v) is 9.98. The molecule has 2 aromatic rings. The fraction of sp³-hybridized carbons (Fsp3) is 0. The van der Waals surface area contributed by atoms with Crippen LogP contribution >= 0.6 is 11.6 Å². The smallest absolute Gasteiger partial charge is 0.335 e. The Hall–Kier alpha value is -2.31. The van der Waals surface area contributed by atoms with Crippen molar-refractivity contribution in [2.45, 2.75) is 0 Å². The largest absolute Gasteiger partial charge is 0.478 e. The number of carboxylic acid groups (broad SMARTS) is 1. The first-order chi connectivity index (χ1) is 8.61. The van der Waals surface area contributed by atoms with E-state index in [2.05, 4.69) is 0 Å². The first-order valence-electron chi connectivity index (χ1n) is 5.15. The van der Waals surface area contributed by atoms with Gasteiger partial charge in [0.1, 0.15) is 0 Å². The summed E-state index contributed by atoms with van der Waals surface area (Å²) in [6.07, 6.45) is 0. The normalized spacial score (nSPS) is 9.78. The van der Waals surface area contributed by atoms with Crippen LogP contribution in [0.2, 0.25) is 5.02 Å². The van der Waals surface area contributed by atoms with Gasteiger partial charge in [-0.1, -0.05) is 23.7 Å². The van der Waals surface area contributed by atoms with Crippen molar-refractivity contribution in [2.75, 3.05) is 0 Å². The number of benzene rings is 2. The number of carboxylic acids is 1. The molecule has 0 aliphatic rings. The average molecular weight is 258 g/mol. The fourth-order valence-electron chi connectivity index (χ4n) is 1.64. The number of carbonyl (C=O) groups is 1. The second-order valence-electron chi connectivity index (χ2n) is 3.69. The van der Waals surface area contributed by atoms with Gasteiger partial charge in [0.2, 0.25) is 0 Å². The van der Waals surface area contributed by atoms with Gasteiger partial charge in [-0.15, -0.1) is 0 Å². The molecule has 18 heavy (non-hydrogen) atoms. The Labute approximate surface area is 109 Å². The standard InChI is InChI=1S/C14H8ClNO2/c15-13-5-4-11(14(17)18)7-12(13)10-3-1-2-9(6-10)8-16/h1-7H,(H,17,18). The predicted octanol–water partition coefficient (Wildman–Crippen LogP) is 3.58. The second-order valence-corrected chi connectivity index (χ2v) is 4.10. The van der Waals surface area contributed by atoms with Crippen molar-refractivity contribution in [3.05, 3.63) is 58.6 Å². The Morgan fingerprint density at radius 3 is 2.67 bits per heavy atom. The molecular weight excluding hydrogens is 250 g/mol. The van der Waals surface area contributed by atoms with E-state index in [4.69, 9.17) is 22.0 Å². The molecule has 0 spiro atoms. The summed E-state index contributed by atoms with van der Waals surface area (Å²) >= 11 is 6.06. The minimum Gasteiger partial charge on any atom is -0.478 e. The maximum Gasteiger partial charge on any atom is 0.335 e. The molecule has 88 valence electrons. The van der Waals surface area contributed by atoms with Gasteiger partial charge in [-0.05, 0) is 35.9 Å². The van der Waals surface area contributed by atoms with Crippen molar-refractivity contribution in [1.29, 1.82) is 5.26 Å². The topological polar surface area (TPSA) is 61.1 Å². The SMILES string of the molecule is N#Cc1cccc(-c2cc(C(=O)O)ccc2Cl)c1. The monoisotopic (exact) mass is 257 g/mol. The molecule has 0 aliphatic heterocycles. The Morgan fingerprint density at radius 1 is 1.22 bits per heavy atom. The molecule has 2 rings (SSSR count). The summed E-state index contributed by atoms with van der Waals surface area (Å²) in [5.74, 6) is -1.01. The quantitative estimate of drug-likeness (QED) is 0.894. The Balaban J connectivity index is 2.59. The maximum absolute atomic E-state index is 10.9.